The van der Waals surface area contributed by atoms with Crippen molar-refractivity contribution in [2.45, 2.75) is 0 Å². The number of aromatic nitrogens is 3. The number of benzene rings is 8. The summed E-state index contributed by atoms with van der Waals surface area (Å²) >= 11 is 1.84. The van der Waals surface area contributed by atoms with E-state index >= 15 is 0 Å². The summed E-state index contributed by atoms with van der Waals surface area (Å²) in [6, 6.07) is 65.5. The Morgan fingerprint density at radius 2 is 0.875 bits per heavy atom. The molecule has 56 heavy (non-hydrogen) atoms. The molecule has 5 heteroatoms. The van der Waals surface area contributed by atoms with Crippen molar-refractivity contribution in [1.82, 2.24) is 15.0 Å². The quantitative estimate of drug-likeness (QED) is 0.171. The maximum Gasteiger partial charge on any atom is 0.164 e. The molecule has 8 aromatic carbocycles. The lowest BCUT2D eigenvalue weighted by molar-refractivity contribution is 0.670. The standard InChI is InChI=1S/C51H31N3OS/c1-4-13-32(14-5-1)34-25-27-36(28-26-34)50-52-49(35-17-8-3-9-18-35)53-51(54-50)43-23-12-24-44-46(43)42-22-10-19-39(47(42)55-44)41-21-11-20-40-38-30-29-37(31-45(38)56-48(40)41)33-15-6-2-7-16-33/h1-31H. The third-order valence-electron chi connectivity index (χ3n) is 10.6. The van der Waals surface area contributed by atoms with Crippen molar-refractivity contribution in [3.8, 4) is 67.5 Å². The number of hydrogen-bond acceptors (Lipinski definition) is 5. The van der Waals surface area contributed by atoms with Crippen molar-refractivity contribution < 1.29 is 4.42 Å². The molecule has 0 amide bonds. The molecule has 3 aromatic heterocycles. The minimum absolute atomic E-state index is 0.598. The van der Waals surface area contributed by atoms with Crippen LogP contribution in [0.5, 0.6) is 0 Å². The van der Waals surface area contributed by atoms with Gasteiger partial charge in [-0.3, -0.25) is 0 Å². The summed E-state index contributed by atoms with van der Waals surface area (Å²) in [5.41, 5.74) is 11.3. The molecule has 0 spiro atoms. The first kappa shape index (κ1) is 32.2. The predicted molar refractivity (Wildman–Crippen MR) is 233 cm³/mol. The Balaban J connectivity index is 1.07. The fourth-order valence-electron chi connectivity index (χ4n) is 7.85. The van der Waals surface area contributed by atoms with Gasteiger partial charge in [-0.25, -0.2) is 15.0 Å². The van der Waals surface area contributed by atoms with Crippen molar-refractivity contribution in [1.29, 1.82) is 0 Å². The lowest BCUT2D eigenvalue weighted by Gasteiger charge is -2.10. The third-order valence-corrected chi connectivity index (χ3v) is 11.8. The Bertz CT molecular complexity index is 3230. The largest absolute Gasteiger partial charge is 0.455 e. The number of nitrogens with zero attached hydrogens (tertiary/aromatic N) is 3. The smallest absolute Gasteiger partial charge is 0.164 e. The first-order chi connectivity index (χ1) is 27.7. The van der Waals surface area contributed by atoms with Gasteiger partial charge in [0.2, 0.25) is 0 Å². The van der Waals surface area contributed by atoms with Crippen LogP contribution in [0.4, 0.5) is 0 Å². The molecule has 262 valence electrons. The molecule has 4 nitrogen and oxygen atoms in total. The predicted octanol–water partition coefficient (Wildman–Crippen LogP) is 14.1. The lowest BCUT2D eigenvalue weighted by Crippen LogP contribution is -2.00. The molecule has 0 N–H and O–H groups in total. The lowest BCUT2D eigenvalue weighted by atomic mass is 9.98. The molecular formula is C51H31N3OS. The van der Waals surface area contributed by atoms with Crippen LogP contribution in [0.25, 0.3) is 110 Å². The highest BCUT2D eigenvalue weighted by Gasteiger charge is 2.21. The summed E-state index contributed by atoms with van der Waals surface area (Å²) in [5, 5.41) is 4.52. The molecule has 0 bridgehead atoms. The van der Waals surface area contributed by atoms with E-state index in [2.05, 4.69) is 140 Å². The van der Waals surface area contributed by atoms with Crippen molar-refractivity contribution in [2.24, 2.45) is 0 Å². The molecule has 0 atom stereocenters. The zero-order valence-corrected chi connectivity index (χ0v) is 30.9. The molecule has 11 rings (SSSR count). The zero-order chi connectivity index (χ0) is 37.0. The average Bonchev–Trinajstić information content (AvgIpc) is 3.86. The van der Waals surface area contributed by atoms with Crippen LogP contribution in [0.2, 0.25) is 0 Å². The van der Waals surface area contributed by atoms with Gasteiger partial charge in [0.05, 0.1) is 0 Å². The SMILES string of the molecule is c1ccc(-c2ccc(-c3nc(-c4ccccc4)nc(-c4cccc5oc6c(-c7cccc8c7sc7cc(-c9ccccc9)ccc78)cccc6c45)n3)cc2)cc1. The Labute approximate surface area is 327 Å². The highest BCUT2D eigenvalue weighted by Crippen LogP contribution is 2.45. The second-order valence-corrected chi connectivity index (χ2v) is 15.0. The van der Waals surface area contributed by atoms with Crippen LogP contribution in [-0.2, 0) is 0 Å². The van der Waals surface area contributed by atoms with Crippen molar-refractivity contribution >= 4 is 53.4 Å². The Morgan fingerprint density at radius 3 is 1.59 bits per heavy atom. The van der Waals surface area contributed by atoms with Crippen molar-refractivity contribution in [3.63, 3.8) is 0 Å². The van der Waals surface area contributed by atoms with Gasteiger partial charge in [-0.15, -0.1) is 11.3 Å². The van der Waals surface area contributed by atoms with E-state index in [1.807, 2.05) is 59.9 Å². The van der Waals surface area contributed by atoms with Crippen LogP contribution in [-0.4, -0.2) is 15.0 Å². The van der Waals surface area contributed by atoms with Gasteiger partial charge in [-0.2, -0.15) is 0 Å². The second kappa shape index (κ2) is 13.3. The fraction of sp³-hybridized carbons (Fsp3) is 0. The molecule has 0 aliphatic heterocycles. The number of fused-ring (bicyclic) bond motifs is 6. The van der Waals surface area contributed by atoms with Gasteiger partial charge in [-0.1, -0.05) is 176 Å². The number of hydrogen-bond donors (Lipinski definition) is 0. The molecular weight excluding hydrogens is 703 g/mol. The maximum atomic E-state index is 6.82. The zero-order valence-electron chi connectivity index (χ0n) is 30.1. The molecule has 0 saturated heterocycles. The van der Waals surface area contributed by atoms with E-state index < -0.39 is 0 Å². The average molecular weight is 734 g/mol. The van der Waals surface area contributed by atoms with E-state index in [9.17, 15) is 0 Å². The molecule has 0 aliphatic carbocycles. The molecule has 0 radical (unpaired) electrons. The van der Waals surface area contributed by atoms with Crippen LogP contribution >= 0.6 is 11.3 Å². The van der Waals surface area contributed by atoms with Gasteiger partial charge in [0.15, 0.2) is 17.5 Å². The number of para-hydroxylation sites is 1. The van der Waals surface area contributed by atoms with E-state index in [0.717, 1.165) is 55.3 Å². The van der Waals surface area contributed by atoms with Crippen LogP contribution in [0.15, 0.2) is 192 Å². The highest BCUT2D eigenvalue weighted by molar-refractivity contribution is 7.26. The Hall–Kier alpha value is -7.21. The fourth-order valence-corrected chi connectivity index (χ4v) is 9.12. The minimum atomic E-state index is 0.598. The summed E-state index contributed by atoms with van der Waals surface area (Å²) < 4.78 is 9.33. The van der Waals surface area contributed by atoms with Crippen molar-refractivity contribution in [3.05, 3.63) is 188 Å². The van der Waals surface area contributed by atoms with Crippen LogP contribution in [0.3, 0.4) is 0 Å². The molecule has 0 aliphatic rings. The molecule has 0 saturated carbocycles. The Morgan fingerprint density at radius 1 is 0.357 bits per heavy atom. The summed E-state index contributed by atoms with van der Waals surface area (Å²) in [6.07, 6.45) is 0. The molecule has 0 fully saturated rings. The first-order valence-corrected chi connectivity index (χ1v) is 19.5. The minimum Gasteiger partial charge on any atom is -0.455 e. The third kappa shape index (κ3) is 5.48. The Kier molecular flexibility index (Phi) is 7.64. The second-order valence-electron chi connectivity index (χ2n) is 13.9. The topological polar surface area (TPSA) is 51.8 Å². The van der Waals surface area contributed by atoms with Crippen LogP contribution in [0, 0.1) is 0 Å². The van der Waals surface area contributed by atoms with Gasteiger partial charge in [0, 0.05) is 58.8 Å². The van der Waals surface area contributed by atoms with Gasteiger partial charge < -0.3 is 4.42 Å². The number of rotatable bonds is 6. The molecule has 3 heterocycles. The summed E-state index contributed by atoms with van der Waals surface area (Å²) in [6.45, 7) is 0. The van der Waals surface area contributed by atoms with E-state index in [0.29, 0.717) is 17.5 Å². The van der Waals surface area contributed by atoms with Crippen LogP contribution in [0.1, 0.15) is 0 Å². The highest BCUT2D eigenvalue weighted by atomic mass is 32.1. The normalized spacial score (nSPS) is 11.6. The van der Waals surface area contributed by atoms with E-state index in [-0.39, 0.29) is 0 Å². The summed E-state index contributed by atoms with van der Waals surface area (Å²) in [4.78, 5) is 15.3. The number of thiophene rings is 1. The van der Waals surface area contributed by atoms with E-state index in [1.165, 1.54) is 36.9 Å². The van der Waals surface area contributed by atoms with Gasteiger partial charge in [0.1, 0.15) is 11.2 Å². The first-order valence-electron chi connectivity index (χ1n) is 18.7. The number of furan rings is 1. The van der Waals surface area contributed by atoms with E-state index in [1.54, 1.807) is 0 Å². The molecule has 11 aromatic rings. The monoisotopic (exact) mass is 733 g/mol. The van der Waals surface area contributed by atoms with Crippen molar-refractivity contribution in [2.75, 3.05) is 0 Å². The van der Waals surface area contributed by atoms with Gasteiger partial charge in [0.25, 0.3) is 0 Å². The van der Waals surface area contributed by atoms with Gasteiger partial charge in [-0.05, 0) is 34.4 Å². The van der Waals surface area contributed by atoms with Crippen LogP contribution < -0.4 is 0 Å². The van der Waals surface area contributed by atoms with E-state index in [4.69, 9.17) is 19.4 Å². The molecule has 0 unspecified atom stereocenters. The summed E-state index contributed by atoms with van der Waals surface area (Å²) in [7, 11) is 0. The summed E-state index contributed by atoms with van der Waals surface area (Å²) in [5.74, 6) is 1.83. The van der Waals surface area contributed by atoms with Gasteiger partial charge >= 0.3 is 0 Å². The maximum absolute atomic E-state index is 6.82.